The number of unbranched alkanes of at least 4 members (excludes halogenated alkanes) is 12. The standard InChI is InChI=1S/C26H45F6N3O2/c1-2-3-4-5-6-7-8-9-10-11-12-13-14-15-16-17-20-35(21-18-33-23(36)25(27,28)29)22-19-34-24(37)26(30,31)32/h9-10H,2-8,11-22H2,1H3,(H,33,36)(H,34,37)/b10-9-. The molecular weight excluding hydrogens is 500 g/mol. The first-order valence-electron chi connectivity index (χ1n) is 13.6. The molecule has 0 saturated carbocycles. The summed E-state index contributed by atoms with van der Waals surface area (Å²) in [5, 5.41) is 3.51. The Bertz CT molecular complexity index is 592. The molecule has 0 heterocycles. The second-order valence-electron chi connectivity index (χ2n) is 9.29. The van der Waals surface area contributed by atoms with Crippen LogP contribution in [-0.4, -0.2) is 61.8 Å². The summed E-state index contributed by atoms with van der Waals surface area (Å²) >= 11 is 0. The predicted molar refractivity (Wildman–Crippen MR) is 134 cm³/mol. The molecule has 0 rings (SSSR count). The van der Waals surface area contributed by atoms with Crippen LogP contribution < -0.4 is 10.6 Å². The van der Waals surface area contributed by atoms with E-state index in [1.807, 2.05) is 0 Å². The Balaban J connectivity index is 4.03. The fourth-order valence-corrected chi connectivity index (χ4v) is 3.77. The molecule has 0 atom stereocenters. The Hall–Kier alpha value is -1.78. The van der Waals surface area contributed by atoms with E-state index in [9.17, 15) is 35.9 Å². The average Bonchev–Trinajstić information content (AvgIpc) is 2.82. The van der Waals surface area contributed by atoms with Crippen molar-refractivity contribution in [3.63, 3.8) is 0 Å². The summed E-state index contributed by atoms with van der Waals surface area (Å²) in [6, 6.07) is 0. The van der Waals surface area contributed by atoms with Gasteiger partial charge in [-0.3, -0.25) is 14.5 Å². The van der Waals surface area contributed by atoms with Crippen molar-refractivity contribution in [3.05, 3.63) is 12.2 Å². The van der Waals surface area contributed by atoms with Crippen LogP contribution in [0.4, 0.5) is 26.3 Å². The first-order chi connectivity index (χ1) is 17.5. The maximum atomic E-state index is 12.3. The molecule has 2 N–H and O–H groups in total. The molecule has 0 aliphatic rings. The number of hydrogen-bond acceptors (Lipinski definition) is 3. The van der Waals surface area contributed by atoms with Gasteiger partial charge in [-0.15, -0.1) is 0 Å². The molecule has 0 aromatic heterocycles. The van der Waals surface area contributed by atoms with Crippen LogP contribution in [0.15, 0.2) is 12.2 Å². The van der Waals surface area contributed by atoms with Crippen LogP contribution in [0.2, 0.25) is 0 Å². The number of hydrogen-bond donors (Lipinski definition) is 2. The quantitative estimate of drug-likeness (QED) is 0.0906. The van der Waals surface area contributed by atoms with Crippen molar-refractivity contribution in [1.29, 1.82) is 0 Å². The molecule has 0 aromatic rings. The highest BCUT2D eigenvalue weighted by atomic mass is 19.4. The fourth-order valence-electron chi connectivity index (χ4n) is 3.77. The van der Waals surface area contributed by atoms with Crippen LogP contribution in [0.1, 0.15) is 96.8 Å². The molecule has 0 saturated heterocycles. The van der Waals surface area contributed by atoms with E-state index in [2.05, 4.69) is 19.1 Å². The van der Waals surface area contributed by atoms with Crippen molar-refractivity contribution >= 4 is 11.8 Å². The Kier molecular flexibility index (Phi) is 20.2. The topological polar surface area (TPSA) is 61.4 Å². The summed E-state index contributed by atoms with van der Waals surface area (Å²) in [5.41, 5.74) is 0. The lowest BCUT2D eigenvalue weighted by molar-refractivity contribution is -0.173. The molecule has 11 heteroatoms. The summed E-state index contributed by atoms with van der Waals surface area (Å²) in [6.07, 6.45) is 10.4. The number of allylic oxidation sites excluding steroid dienone is 2. The summed E-state index contributed by atoms with van der Waals surface area (Å²) < 4.78 is 73.9. The van der Waals surface area contributed by atoms with E-state index in [4.69, 9.17) is 0 Å². The molecule has 0 spiro atoms. The summed E-state index contributed by atoms with van der Waals surface area (Å²) in [4.78, 5) is 23.5. The van der Waals surface area contributed by atoms with Gasteiger partial charge in [0.05, 0.1) is 0 Å². The molecule has 0 aromatic carbocycles. The van der Waals surface area contributed by atoms with Crippen LogP contribution >= 0.6 is 0 Å². The number of rotatable bonds is 22. The van der Waals surface area contributed by atoms with E-state index in [0.717, 1.165) is 51.4 Å². The van der Waals surface area contributed by atoms with Gasteiger partial charge in [0, 0.05) is 26.2 Å². The number of amides is 2. The number of alkyl halides is 6. The molecule has 5 nitrogen and oxygen atoms in total. The van der Waals surface area contributed by atoms with Gasteiger partial charge < -0.3 is 10.6 Å². The minimum Gasteiger partial charge on any atom is -0.347 e. The van der Waals surface area contributed by atoms with Gasteiger partial charge in [-0.1, -0.05) is 76.9 Å². The SMILES string of the molecule is CCCCCCCC/C=C\CCCCCCCCN(CCNC(=O)C(F)(F)F)CCNC(=O)C(F)(F)F. The molecule has 0 fully saturated rings. The van der Waals surface area contributed by atoms with E-state index in [1.165, 1.54) is 38.5 Å². The van der Waals surface area contributed by atoms with Gasteiger partial charge in [0.2, 0.25) is 0 Å². The zero-order valence-electron chi connectivity index (χ0n) is 22.1. The first kappa shape index (κ1) is 35.2. The fraction of sp³-hybridized carbons (Fsp3) is 0.846. The lowest BCUT2D eigenvalue weighted by Gasteiger charge is -2.23. The number of carbonyl (C=O) groups excluding carboxylic acids is 2. The first-order valence-corrected chi connectivity index (χ1v) is 13.6. The molecule has 2 amide bonds. The van der Waals surface area contributed by atoms with E-state index in [1.54, 1.807) is 15.5 Å². The molecule has 0 aliphatic heterocycles. The van der Waals surface area contributed by atoms with Crippen LogP contribution in [0.3, 0.4) is 0 Å². The van der Waals surface area contributed by atoms with Gasteiger partial charge in [0.25, 0.3) is 0 Å². The zero-order valence-corrected chi connectivity index (χ0v) is 22.1. The van der Waals surface area contributed by atoms with Crippen molar-refractivity contribution < 1.29 is 35.9 Å². The average molecular weight is 546 g/mol. The molecule has 37 heavy (non-hydrogen) atoms. The molecule has 0 aliphatic carbocycles. The predicted octanol–water partition coefficient (Wildman–Crippen LogP) is 6.68. The Morgan fingerprint density at radius 1 is 0.595 bits per heavy atom. The monoisotopic (exact) mass is 545 g/mol. The lowest BCUT2D eigenvalue weighted by atomic mass is 10.1. The number of carbonyl (C=O) groups is 2. The van der Waals surface area contributed by atoms with Gasteiger partial charge >= 0.3 is 24.2 Å². The maximum absolute atomic E-state index is 12.3. The second-order valence-corrected chi connectivity index (χ2v) is 9.29. The van der Waals surface area contributed by atoms with Crippen molar-refractivity contribution in [3.8, 4) is 0 Å². The van der Waals surface area contributed by atoms with Gasteiger partial charge in [0.15, 0.2) is 0 Å². The summed E-state index contributed by atoms with van der Waals surface area (Å²) in [5.74, 6) is -4.12. The van der Waals surface area contributed by atoms with Crippen molar-refractivity contribution in [1.82, 2.24) is 15.5 Å². The van der Waals surface area contributed by atoms with E-state index in [-0.39, 0.29) is 26.2 Å². The van der Waals surface area contributed by atoms with Crippen molar-refractivity contribution in [2.75, 3.05) is 32.7 Å². The third-order valence-corrected chi connectivity index (χ3v) is 5.93. The second kappa shape index (κ2) is 21.2. The van der Waals surface area contributed by atoms with Gasteiger partial charge in [0.1, 0.15) is 0 Å². The van der Waals surface area contributed by atoms with E-state index < -0.39 is 24.2 Å². The van der Waals surface area contributed by atoms with Gasteiger partial charge in [-0.05, 0) is 38.6 Å². The number of halogens is 6. The van der Waals surface area contributed by atoms with E-state index in [0.29, 0.717) is 6.54 Å². The highest BCUT2D eigenvalue weighted by molar-refractivity contribution is 5.82. The molecule has 0 bridgehead atoms. The Morgan fingerprint density at radius 3 is 1.38 bits per heavy atom. The lowest BCUT2D eigenvalue weighted by Crippen LogP contribution is -2.44. The Labute approximate surface area is 217 Å². The van der Waals surface area contributed by atoms with Crippen LogP contribution in [0.25, 0.3) is 0 Å². The summed E-state index contributed by atoms with van der Waals surface area (Å²) in [7, 11) is 0. The third kappa shape index (κ3) is 22.0. The van der Waals surface area contributed by atoms with Crippen molar-refractivity contribution in [2.45, 2.75) is 109 Å². The van der Waals surface area contributed by atoms with Crippen molar-refractivity contribution in [2.24, 2.45) is 0 Å². The highest BCUT2D eigenvalue weighted by Crippen LogP contribution is 2.15. The number of nitrogens with zero attached hydrogens (tertiary/aromatic N) is 1. The zero-order chi connectivity index (χ0) is 28.0. The minimum absolute atomic E-state index is 0.0365. The molecule has 218 valence electrons. The molecular formula is C26H45F6N3O2. The van der Waals surface area contributed by atoms with Crippen LogP contribution in [0, 0.1) is 0 Å². The minimum atomic E-state index is -4.99. The van der Waals surface area contributed by atoms with Crippen LogP contribution in [0.5, 0.6) is 0 Å². The molecule has 0 radical (unpaired) electrons. The van der Waals surface area contributed by atoms with Gasteiger partial charge in [-0.25, -0.2) is 0 Å². The largest absolute Gasteiger partial charge is 0.471 e. The third-order valence-electron chi connectivity index (χ3n) is 5.93. The maximum Gasteiger partial charge on any atom is 0.471 e. The molecule has 0 unspecified atom stereocenters. The number of nitrogens with one attached hydrogen (secondary N) is 2. The Morgan fingerprint density at radius 2 is 0.973 bits per heavy atom. The van der Waals surface area contributed by atoms with Crippen LogP contribution in [-0.2, 0) is 9.59 Å². The smallest absolute Gasteiger partial charge is 0.347 e. The van der Waals surface area contributed by atoms with E-state index >= 15 is 0 Å². The van der Waals surface area contributed by atoms with Gasteiger partial charge in [-0.2, -0.15) is 26.3 Å². The highest BCUT2D eigenvalue weighted by Gasteiger charge is 2.39. The summed E-state index contributed by atoms with van der Waals surface area (Å²) in [6.45, 7) is 2.15. The normalized spacial score (nSPS) is 12.4.